The normalized spacial score (nSPS) is 21.6. The molecule has 0 N–H and O–H groups in total. The lowest BCUT2D eigenvalue weighted by Crippen LogP contribution is -2.24. The fourth-order valence-corrected chi connectivity index (χ4v) is 3.75. The van der Waals surface area contributed by atoms with Crippen LogP contribution in [0.5, 0.6) is 0 Å². The van der Waals surface area contributed by atoms with Gasteiger partial charge in [0.2, 0.25) is 0 Å². The van der Waals surface area contributed by atoms with Gasteiger partial charge in [-0.15, -0.1) is 0 Å². The average Bonchev–Trinajstić information content (AvgIpc) is 2.98. The molecular weight excluding hydrogens is 318 g/mol. The molecule has 0 aliphatic heterocycles. The van der Waals surface area contributed by atoms with Gasteiger partial charge in [-0.3, -0.25) is 4.79 Å². The summed E-state index contributed by atoms with van der Waals surface area (Å²) in [5, 5.41) is 0. The SMILES string of the molecule is CCCC1(C=Cc2ccccc2)CC/C(=C\N(C)c2ccccc2)C1=O. The van der Waals surface area contributed by atoms with Crippen LogP contribution < -0.4 is 4.90 Å². The second kappa shape index (κ2) is 8.18. The summed E-state index contributed by atoms with van der Waals surface area (Å²) < 4.78 is 0. The van der Waals surface area contributed by atoms with Crippen LogP contribution in [0.1, 0.15) is 38.2 Å². The van der Waals surface area contributed by atoms with Crippen LogP contribution in [-0.2, 0) is 4.79 Å². The van der Waals surface area contributed by atoms with Gasteiger partial charge in [0.05, 0.1) is 5.41 Å². The van der Waals surface area contributed by atoms with Crippen molar-refractivity contribution in [3.63, 3.8) is 0 Å². The minimum Gasteiger partial charge on any atom is -0.351 e. The van der Waals surface area contributed by atoms with Crippen LogP contribution in [0.4, 0.5) is 5.69 Å². The molecule has 2 aromatic rings. The molecule has 1 fully saturated rings. The molecule has 0 saturated heterocycles. The number of nitrogens with zero attached hydrogens (tertiary/aromatic N) is 1. The molecule has 0 aromatic heterocycles. The molecule has 0 amide bonds. The lowest BCUT2D eigenvalue weighted by Gasteiger charge is -2.23. The number of ketones is 1. The van der Waals surface area contributed by atoms with Gasteiger partial charge in [0.15, 0.2) is 5.78 Å². The highest BCUT2D eigenvalue weighted by molar-refractivity contribution is 6.04. The Morgan fingerprint density at radius 3 is 2.35 bits per heavy atom. The van der Waals surface area contributed by atoms with Crippen molar-refractivity contribution in [3.8, 4) is 0 Å². The van der Waals surface area contributed by atoms with Crippen molar-refractivity contribution in [3.05, 3.63) is 84.1 Å². The Hall–Kier alpha value is -2.61. The van der Waals surface area contributed by atoms with Gasteiger partial charge in [-0.1, -0.05) is 74.0 Å². The molecule has 3 rings (SSSR count). The number of hydrogen-bond donors (Lipinski definition) is 0. The smallest absolute Gasteiger partial charge is 0.170 e. The van der Waals surface area contributed by atoms with Gasteiger partial charge in [0.1, 0.15) is 0 Å². The van der Waals surface area contributed by atoms with E-state index in [0.717, 1.165) is 42.5 Å². The lowest BCUT2D eigenvalue weighted by molar-refractivity contribution is -0.121. The van der Waals surface area contributed by atoms with Gasteiger partial charge in [-0.2, -0.15) is 0 Å². The Morgan fingerprint density at radius 1 is 1.04 bits per heavy atom. The Bertz CT molecular complexity index is 791. The van der Waals surface area contributed by atoms with E-state index in [-0.39, 0.29) is 11.2 Å². The van der Waals surface area contributed by atoms with E-state index < -0.39 is 0 Å². The molecule has 1 aliphatic carbocycles. The number of allylic oxidation sites excluding steroid dienone is 2. The summed E-state index contributed by atoms with van der Waals surface area (Å²) in [6, 6.07) is 20.4. The summed E-state index contributed by atoms with van der Waals surface area (Å²) in [6.07, 6.45) is 9.93. The van der Waals surface area contributed by atoms with E-state index in [0.29, 0.717) is 0 Å². The highest BCUT2D eigenvalue weighted by atomic mass is 16.1. The van der Waals surface area contributed by atoms with Crippen LogP contribution in [0.15, 0.2) is 78.5 Å². The third-order valence-corrected chi connectivity index (χ3v) is 5.19. The summed E-state index contributed by atoms with van der Waals surface area (Å²) >= 11 is 0. The Balaban J connectivity index is 1.83. The van der Waals surface area contributed by atoms with Crippen molar-refractivity contribution in [1.82, 2.24) is 0 Å². The zero-order chi connectivity index (χ0) is 18.4. The average molecular weight is 345 g/mol. The summed E-state index contributed by atoms with van der Waals surface area (Å²) in [4.78, 5) is 15.3. The molecule has 1 saturated carbocycles. The van der Waals surface area contributed by atoms with Crippen LogP contribution in [0.25, 0.3) is 6.08 Å². The maximum Gasteiger partial charge on any atom is 0.170 e. The van der Waals surface area contributed by atoms with E-state index in [1.165, 1.54) is 0 Å². The highest BCUT2D eigenvalue weighted by Gasteiger charge is 2.42. The number of benzene rings is 2. The molecule has 0 heterocycles. The van der Waals surface area contributed by atoms with Crippen molar-refractivity contribution >= 4 is 17.5 Å². The second-order valence-corrected chi connectivity index (χ2v) is 7.08. The molecule has 1 unspecified atom stereocenters. The van der Waals surface area contributed by atoms with E-state index >= 15 is 0 Å². The molecule has 1 aliphatic rings. The van der Waals surface area contributed by atoms with Crippen LogP contribution in [-0.4, -0.2) is 12.8 Å². The Morgan fingerprint density at radius 2 is 1.69 bits per heavy atom. The number of carbonyl (C=O) groups excluding carboxylic acids is 1. The first-order chi connectivity index (χ1) is 12.6. The van der Waals surface area contributed by atoms with Crippen molar-refractivity contribution in [1.29, 1.82) is 0 Å². The van der Waals surface area contributed by atoms with Gasteiger partial charge in [-0.05, 0) is 37.0 Å². The first-order valence-electron chi connectivity index (χ1n) is 9.42. The monoisotopic (exact) mass is 345 g/mol. The number of carbonyl (C=O) groups is 1. The number of hydrogen-bond acceptors (Lipinski definition) is 2. The molecular formula is C24H27NO. The number of para-hydroxylation sites is 1. The van der Waals surface area contributed by atoms with Crippen LogP contribution in [0.3, 0.4) is 0 Å². The molecule has 0 bridgehead atoms. The predicted molar refractivity (Wildman–Crippen MR) is 110 cm³/mol. The molecule has 26 heavy (non-hydrogen) atoms. The Kier molecular flexibility index (Phi) is 5.72. The maximum absolute atomic E-state index is 13.3. The predicted octanol–water partition coefficient (Wildman–Crippen LogP) is 5.87. The lowest BCUT2D eigenvalue weighted by atomic mass is 9.80. The minimum absolute atomic E-state index is 0.286. The molecule has 1 atom stereocenters. The van der Waals surface area contributed by atoms with Gasteiger partial charge < -0.3 is 4.90 Å². The van der Waals surface area contributed by atoms with Gasteiger partial charge in [0, 0.05) is 24.5 Å². The first kappa shape index (κ1) is 18.2. The fourth-order valence-electron chi connectivity index (χ4n) is 3.75. The maximum atomic E-state index is 13.3. The van der Waals surface area contributed by atoms with Crippen molar-refractivity contribution in [2.24, 2.45) is 5.41 Å². The third kappa shape index (κ3) is 3.96. The van der Waals surface area contributed by atoms with E-state index in [2.05, 4.69) is 48.2 Å². The van der Waals surface area contributed by atoms with Gasteiger partial charge >= 0.3 is 0 Å². The van der Waals surface area contributed by atoms with E-state index in [4.69, 9.17) is 0 Å². The van der Waals surface area contributed by atoms with Gasteiger partial charge in [0.25, 0.3) is 0 Å². The van der Waals surface area contributed by atoms with Gasteiger partial charge in [-0.25, -0.2) is 0 Å². The zero-order valence-electron chi connectivity index (χ0n) is 15.7. The van der Waals surface area contributed by atoms with E-state index in [9.17, 15) is 4.79 Å². The first-order valence-corrected chi connectivity index (χ1v) is 9.42. The van der Waals surface area contributed by atoms with Crippen molar-refractivity contribution in [2.45, 2.75) is 32.6 Å². The second-order valence-electron chi connectivity index (χ2n) is 7.08. The van der Waals surface area contributed by atoms with Crippen LogP contribution in [0.2, 0.25) is 0 Å². The minimum atomic E-state index is -0.353. The quantitative estimate of drug-likeness (QED) is 0.610. The summed E-state index contributed by atoms with van der Waals surface area (Å²) in [5.41, 5.74) is 2.83. The van der Waals surface area contributed by atoms with Crippen LogP contribution >= 0.6 is 0 Å². The Labute approximate surface area is 156 Å². The summed E-state index contributed by atoms with van der Waals surface area (Å²) in [7, 11) is 2.01. The summed E-state index contributed by atoms with van der Waals surface area (Å²) in [5.74, 6) is 0.286. The molecule has 0 spiro atoms. The van der Waals surface area contributed by atoms with Crippen molar-refractivity contribution in [2.75, 3.05) is 11.9 Å². The topological polar surface area (TPSA) is 20.3 Å². The zero-order valence-corrected chi connectivity index (χ0v) is 15.7. The standard InChI is InChI=1S/C24H27NO/c1-3-16-24(17-14-20-10-6-4-7-11-20)18-15-21(23(24)26)19-25(2)22-12-8-5-9-13-22/h4-14,17,19H,3,15-16,18H2,1-2H3/b17-14?,21-19+. The van der Waals surface area contributed by atoms with Crippen molar-refractivity contribution < 1.29 is 4.79 Å². The largest absolute Gasteiger partial charge is 0.351 e. The summed E-state index contributed by atoms with van der Waals surface area (Å²) in [6.45, 7) is 2.16. The van der Waals surface area contributed by atoms with E-state index in [1.807, 2.05) is 49.6 Å². The van der Waals surface area contributed by atoms with E-state index in [1.54, 1.807) is 0 Å². The number of rotatable bonds is 6. The number of anilines is 1. The molecule has 2 heteroatoms. The fraction of sp³-hybridized carbons (Fsp3) is 0.292. The highest BCUT2D eigenvalue weighted by Crippen LogP contribution is 2.43. The molecule has 2 nitrogen and oxygen atoms in total. The molecule has 0 radical (unpaired) electrons. The molecule has 2 aromatic carbocycles. The number of Topliss-reactive ketones (excluding diaryl/α,β-unsaturated/α-hetero) is 1. The van der Waals surface area contributed by atoms with Crippen LogP contribution in [0, 0.1) is 5.41 Å². The third-order valence-electron chi connectivity index (χ3n) is 5.19. The molecule has 134 valence electrons.